The molecule has 0 aromatic carbocycles. The number of nitrogens with zero attached hydrogens (tertiary/aromatic N) is 2. The molecule has 2 rings (SSSR count). The van der Waals surface area contributed by atoms with E-state index < -0.39 is 0 Å². The molecule has 2 aliphatic rings. The molecule has 0 spiro atoms. The molecule has 0 aromatic rings. The molecule has 120 valence electrons. The number of hydrogen-bond donors (Lipinski definition) is 0. The van der Waals surface area contributed by atoms with Gasteiger partial charge in [-0.3, -0.25) is 9.69 Å². The third kappa shape index (κ3) is 5.65. The minimum atomic E-state index is -0.131. The number of carbonyl (C=O) groups excluding carboxylic acids is 2. The summed E-state index contributed by atoms with van der Waals surface area (Å²) in [4.78, 5) is 26.6. The van der Waals surface area contributed by atoms with E-state index in [1.807, 2.05) is 0 Å². The quantitative estimate of drug-likeness (QED) is 0.460. The zero-order valence-electron chi connectivity index (χ0n) is 13.2. The SMILES string of the molecule is CN1CCC(=O)N(CCCCCCCCCC2CO2)C1=O. The van der Waals surface area contributed by atoms with Crippen LogP contribution in [0, 0.1) is 0 Å². The molecule has 5 heteroatoms. The van der Waals surface area contributed by atoms with E-state index in [0.29, 0.717) is 25.6 Å². The number of ether oxygens (including phenoxy) is 1. The lowest BCUT2D eigenvalue weighted by Crippen LogP contribution is -2.50. The Morgan fingerprint density at radius 2 is 1.67 bits per heavy atom. The van der Waals surface area contributed by atoms with Gasteiger partial charge in [0.25, 0.3) is 0 Å². The largest absolute Gasteiger partial charge is 0.373 e. The number of amides is 3. The van der Waals surface area contributed by atoms with Crippen molar-refractivity contribution in [2.75, 3.05) is 26.7 Å². The molecule has 2 saturated heterocycles. The minimum Gasteiger partial charge on any atom is -0.373 e. The molecule has 2 heterocycles. The van der Waals surface area contributed by atoms with E-state index in [-0.39, 0.29) is 11.9 Å². The Kier molecular flexibility index (Phi) is 6.49. The zero-order valence-corrected chi connectivity index (χ0v) is 13.2. The molecule has 3 amide bonds. The molecule has 1 atom stereocenters. The Morgan fingerprint density at radius 3 is 2.33 bits per heavy atom. The molecule has 0 bridgehead atoms. The molecule has 5 nitrogen and oxygen atoms in total. The van der Waals surface area contributed by atoms with Crippen LogP contribution in [0.25, 0.3) is 0 Å². The Labute approximate surface area is 127 Å². The summed E-state index contributed by atoms with van der Waals surface area (Å²) in [5, 5.41) is 0. The van der Waals surface area contributed by atoms with Gasteiger partial charge in [-0.15, -0.1) is 0 Å². The maximum absolute atomic E-state index is 11.9. The van der Waals surface area contributed by atoms with Crippen LogP contribution in [0.4, 0.5) is 4.79 Å². The number of urea groups is 1. The molecule has 0 aromatic heterocycles. The third-order valence-electron chi connectivity index (χ3n) is 4.33. The van der Waals surface area contributed by atoms with Gasteiger partial charge in [0.1, 0.15) is 0 Å². The summed E-state index contributed by atoms with van der Waals surface area (Å²) < 4.78 is 5.19. The smallest absolute Gasteiger partial charge is 0.326 e. The molecule has 0 aliphatic carbocycles. The van der Waals surface area contributed by atoms with Crippen molar-refractivity contribution < 1.29 is 14.3 Å². The van der Waals surface area contributed by atoms with E-state index in [9.17, 15) is 9.59 Å². The molecular formula is C16H28N2O3. The fourth-order valence-corrected chi connectivity index (χ4v) is 2.79. The van der Waals surface area contributed by atoms with E-state index in [1.54, 1.807) is 11.9 Å². The predicted molar refractivity (Wildman–Crippen MR) is 81.0 cm³/mol. The maximum atomic E-state index is 11.9. The second kappa shape index (κ2) is 8.37. The fraction of sp³-hybridized carbons (Fsp3) is 0.875. The number of epoxide rings is 1. The van der Waals surface area contributed by atoms with Crippen molar-refractivity contribution in [1.29, 1.82) is 0 Å². The Bertz CT molecular complexity index is 355. The number of hydrogen-bond acceptors (Lipinski definition) is 3. The van der Waals surface area contributed by atoms with Crippen LogP contribution in [-0.2, 0) is 9.53 Å². The average molecular weight is 296 g/mol. The zero-order chi connectivity index (χ0) is 15.1. The lowest BCUT2D eigenvalue weighted by molar-refractivity contribution is -0.130. The monoisotopic (exact) mass is 296 g/mol. The lowest BCUT2D eigenvalue weighted by atomic mass is 10.1. The molecule has 2 fully saturated rings. The minimum absolute atomic E-state index is 0.0135. The number of carbonyl (C=O) groups is 2. The van der Waals surface area contributed by atoms with Gasteiger partial charge in [-0.05, 0) is 12.8 Å². The summed E-state index contributed by atoms with van der Waals surface area (Å²) in [6.45, 7) is 2.12. The Hall–Kier alpha value is -1.10. The number of unbranched alkanes of at least 4 members (excludes halogenated alkanes) is 6. The van der Waals surface area contributed by atoms with Gasteiger partial charge >= 0.3 is 6.03 Å². The summed E-state index contributed by atoms with van der Waals surface area (Å²) in [6.07, 6.45) is 10.6. The first kappa shape index (κ1) is 16.3. The van der Waals surface area contributed by atoms with Gasteiger partial charge in [-0.2, -0.15) is 0 Å². The molecule has 21 heavy (non-hydrogen) atoms. The molecule has 0 saturated carbocycles. The summed E-state index contributed by atoms with van der Waals surface area (Å²) in [5.74, 6) is -0.0135. The first-order chi connectivity index (χ1) is 10.2. The van der Waals surface area contributed by atoms with Gasteiger partial charge in [0.05, 0.1) is 12.7 Å². The highest BCUT2D eigenvalue weighted by molar-refractivity contribution is 5.96. The highest BCUT2D eigenvalue weighted by atomic mass is 16.6. The Balaban J connectivity index is 1.45. The maximum Gasteiger partial charge on any atom is 0.326 e. The summed E-state index contributed by atoms with van der Waals surface area (Å²) >= 11 is 0. The van der Waals surface area contributed by atoms with Crippen molar-refractivity contribution in [3.63, 3.8) is 0 Å². The molecule has 0 radical (unpaired) electrons. The van der Waals surface area contributed by atoms with Gasteiger partial charge in [-0.25, -0.2) is 4.79 Å². The summed E-state index contributed by atoms with van der Waals surface area (Å²) in [7, 11) is 1.76. The normalized spacial score (nSPS) is 22.0. The van der Waals surface area contributed by atoms with Crippen LogP contribution in [0.2, 0.25) is 0 Å². The van der Waals surface area contributed by atoms with Crippen LogP contribution in [-0.4, -0.2) is 54.6 Å². The van der Waals surface area contributed by atoms with Crippen LogP contribution >= 0.6 is 0 Å². The Morgan fingerprint density at radius 1 is 1.05 bits per heavy atom. The average Bonchev–Trinajstić information content (AvgIpc) is 3.28. The highest BCUT2D eigenvalue weighted by Gasteiger charge is 2.28. The van der Waals surface area contributed by atoms with Gasteiger partial charge in [-0.1, -0.05) is 38.5 Å². The number of imide groups is 1. The van der Waals surface area contributed by atoms with E-state index >= 15 is 0 Å². The van der Waals surface area contributed by atoms with Crippen LogP contribution in [0.3, 0.4) is 0 Å². The van der Waals surface area contributed by atoms with E-state index in [4.69, 9.17) is 4.74 Å². The van der Waals surface area contributed by atoms with Crippen LogP contribution in [0.1, 0.15) is 57.8 Å². The van der Waals surface area contributed by atoms with Crippen LogP contribution in [0.5, 0.6) is 0 Å². The van der Waals surface area contributed by atoms with Gasteiger partial charge in [0.15, 0.2) is 0 Å². The number of rotatable bonds is 10. The molecule has 0 N–H and O–H groups in total. The molecule has 1 unspecified atom stereocenters. The first-order valence-corrected chi connectivity index (χ1v) is 8.35. The van der Waals surface area contributed by atoms with E-state index in [2.05, 4.69) is 0 Å². The van der Waals surface area contributed by atoms with Crippen LogP contribution < -0.4 is 0 Å². The van der Waals surface area contributed by atoms with Crippen molar-refractivity contribution in [2.45, 2.75) is 63.9 Å². The standard InChI is InChI=1S/C16H28N2O3/c1-17-12-10-15(19)18(16(17)20)11-8-6-4-2-3-5-7-9-14-13-21-14/h14H,2-13H2,1H3. The van der Waals surface area contributed by atoms with Crippen molar-refractivity contribution in [1.82, 2.24) is 9.80 Å². The van der Waals surface area contributed by atoms with Crippen LogP contribution in [0.15, 0.2) is 0 Å². The summed E-state index contributed by atoms with van der Waals surface area (Å²) in [6, 6.07) is -0.131. The van der Waals surface area contributed by atoms with Gasteiger partial charge < -0.3 is 9.64 Å². The van der Waals surface area contributed by atoms with E-state index in [1.165, 1.54) is 43.4 Å². The predicted octanol–water partition coefficient (Wildman–Crippen LogP) is 2.79. The molecular weight excluding hydrogens is 268 g/mol. The van der Waals surface area contributed by atoms with Crippen molar-refractivity contribution in [2.24, 2.45) is 0 Å². The third-order valence-corrected chi connectivity index (χ3v) is 4.33. The lowest BCUT2D eigenvalue weighted by Gasteiger charge is -2.31. The topological polar surface area (TPSA) is 53.2 Å². The van der Waals surface area contributed by atoms with Crippen molar-refractivity contribution >= 4 is 11.9 Å². The highest BCUT2D eigenvalue weighted by Crippen LogP contribution is 2.18. The second-order valence-corrected chi connectivity index (χ2v) is 6.22. The van der Waals surface area contributed by atoms with Crippen molar-refractivity contribution in [3.05, 3.63) is 0 Å². The van der Waals surface area contributed by atoms with E-state index in [0.717, 1.165) is 19.4 Å². The first-order valence-electron chi connectivity index (χ1n) is 8.35. The van der Waals surface area contributed by atoms with Gasteiger partial charge in [0, 0.05) is 26.6 Å². The van der Waals surface area contributed by atoms with Gasteiger partial charge in [0.2, 0.25) is 5.91 Å². The summed E-state index contributed by atoms with van der Waals surface area (Å²) in [5.41, 5.74) is 0. The second-order valence-electron chi connectivity index (χ2n) is 6.22. The fourth-order valence-electron chi connectivity index (χ4n) is 2.79. The van der Waals surface area contributed by atoms with Crippen molar-refractivity contribution in [3.8, 4) is 0 Å². The molecule has 2 aliphatic heterocycles.